The van der Waals surface area contributed by atoms with Crippen LogP contribution in [0, 0.1) is 12.8 Å². The maximum atomic E-state index is 12.4. The number of aliphatic hydroxyl groups excluding tert-OH is 1. The van der Waals surface area contributed by atoms with Gasteiger partial charge in [-0.15, -0.1) is 0 Å². The van der Waals surface area contributed by atoms with E-state index >= 15 is 0 Å². The average Bonchev–Trinajstić information content (AvgIpc) is 2.30. The zero-order valence-electron chi connectivity index (χ0n) is 10.3. The first-order valence-corrected chi connectivity index (χ1v) is 6.28. The van der Waals surface area contributed by atoms with Gasteiger partial charge in [-0.2, -0.15) is 0 Å². The van der Waals surface area contributed by atoms with Crippen LogP contribution in [-0.4, -0.2) is 21.3 Å². The van der Waals surface area contributed by atoms with Crippen LogP contribution in [0.4, 0.5) is 0 Å². The van der Waals surface area contributed by atoms with Gasteiger partial charge in [0.1, 0.15) is 0 Å². The van der Waals surface area contributed by atoms with Crippen LogP contribution >= 0.6 is 0 Å². The molecule has 4 nitrogen and oxygen atoms in total. The monoisotopic (exact) mass is 244 g/mol. The third kappa shape index (κ3) is 1.64. The molecule has 1 aliphatic carbocycles. The van der Waals surface area contributed by atoms with Gasteiger partial charge in [0.25, 0.3) is 5.56 Å². The van der Waals surface area contributed by atoms with Gasteiger partial charge in [-0.25, -0.2) is 4.98 Å². The van der Waals surface area contributed by atoms with Gasteiger partial charge < -0.3 is 5.11 Å². The molecule has 0 bridgehead atoms. The maximum Gasteiger partial charge on any atom is 0.261 e. The van der Waals surface area contributed by atoms with E-state index in [-0.39, 0.29) is 18.2 Å². The van der Waals surface area contributed by atoms with E-state index < -0.39 is 0 Å². The molecule has 94 valence electrons. The van der Waals surface area contributed by atoms with Gasteiger partial charge in [-0.05, 0) is 37.3 Å². The lowest BCUT2D eigenvalue weighted by Crippen LogP contribution is -2.35. The number of benzene rings is 1. The Kier molecular flexibility index (Phi) is 2.67. The number of hydrogen-bond donors (Lipinski definition) is 1. The molecule has 1 saturated carbocycles. The number of aromatic nitrogens is 2. The number of fused-ring (bicyclic) bond motifs is 1. The van der Waals surface area contributed by atoms with Crippen molar-refractivity contribution in [3.8, 4) is 0 Å². The summed E-state index contributed by atoms with van der Waals surface area (Å²) < 4.78 is 1.72. The fourth-order valence-electron chi connectivity index (χ4n) is 2.68. The van der Waals surface area contributed by atoms with Crippen LogP contribution in [0.25, 0.3) is 10.9 Å². The molecular formula is C14H16N2O2. The van der Waals surface area contributed by atoms with Crippen molar-refractivity contribution in [2.45, 2.75) is 25.8 Å². The third-order valence-corrected chi connectivity index (χ3v) is 3.88. The number of hydrogen-bond acceptors (Lipinski definition) is 3. The van der Waals surface area contributed by atoms with E-state index in [1.165, 1.54) is 0 Å². The summed E-state index contributed by atoms with van der Waals surface area (Å²) in [4.78, 5) is 16.8. The molecule has 0 unspecified atom stereocenters. The highest BCUT2D eigenvalue weighted by molar-refractivity contribution is 5.80. The Labute approximate surface area is 105 Å². The van der Waals surface area contributed by atoms with E-state index in [1.807, 2.05) is 25.1 Å². The molecule has 1 N–H and O–H groups in total. The minimum Gasteiger partial charge on any atom is -0.396 e. The molecule has 0 saturated heterocycles. The first-order chi connectivity index (χ1) is 8.70. The zero-order chi connectivity index (χ0) is 12.7. The summed E-state index contributed by atoms with van der Waals surface area (Å²) in [5.41, 5.74) is 1.77. The van der Waals surface area contributed by atoms with Gasteiger partial charge >= 0.3 is 0 Å². The van der Waals surface area contributed by atoms with Crippen LogP contribution in [-0.2, 0) is 0 Å². The average molecular weight is 244 g/mol. The van der Waals surface area contributed by atoms with Crippen LogP contribution in [0.15, 0.2) is 29.3 Å². The maximum absolute atomic E-state index is 12.4. The molecule has 4 heteroatoms. The lowest BCUT2D eigenvalue weighted by atomic mass is 9.81. The minimum atomic E-state index is 0.0412. The molecule has 1 aromatic heterocycles. The fourth-order valence-corrected chi connectivity index (χ4v) is 2.68. The standard InChI is InChI=1S/C14H16N2O2/c1-9-3-2-4-12-13(9)14(18)16(8-15-12)11-5-10(6-11)7-17/h2-4,8,10-11,17H,5-7H2,1H3. The Hall–Kier alpha value is -1.68. The van der Waals surface area contributed by atoms with Crippen LogP contribution < -0.4 is 5.56 Å². The zero-order valence-corrected chi connectivity index (χ0v) is 10.3. The number of aliphatic hydroxyl groups is 1. The quantitative estimate of drug-likeness (QED) is 0.874. The van der Waals surface area contributed by atoms with Crippen LogP contribution in [0.2, 0.25) is 0 Å². The summed E-state index contributed by atoms with van der Waals surface area (Å²) in [6.07, 6.45) is 3.38. The topological polar surface area (TPSA) is 55.1 Å². The van der Waals surface area contributed by atoms with E-state index in [9.17, 15) is 4.79 Å². The second-order valence-corrected chi connectivity index (χ2v) is 5.10. The molecule has 0 aliphatic heterocycles. The summed E-state index contributed by atoms with van der Waals surface area (Å²) in [6, 6.07) is 5.92. The molecule has 0 spiro atoms. The van der Waals surface area contributed by atoms with E-state index in [1.54, 1.807) is 10.9 Å². The Balaban J connectivity index is 2.08. The van der Waals surface area contributed by atoms with Crippen LogP contribution in [0.3, 0.4) is 0 Å². The predicted octanol–water partition coefficient (Wildman–Crippen LogP) is 1.65. The normalized spacial score (nSPS) is 23.0. The first kappa shape index (κ1) is 11.4. The smallest absolute Gasteiger partial charge is 0.261 e. The van der Waals surface area contributed by atoms with E-state index in [4.69, 9.17) is 5.11 Å². The van der Waals surface area contributed by atoms with Gasteiger partial charge in [0, 0.05) is 12.6 Å². The van der Waals surface area contributed by atoms with E-state index in [2.05, 4.69) is 4.98 Å². The largest absolute Gasteiger partial charge is 0.396 e. The highest BCUT2D eigenvalue weighted by atomic mass is 16.3. The summed E-state index contributed by atoms with van der Waals surface area (Å²) in [6.45, 7) is 2.15. The van der Waals surface area contributed by atoms with Gasteiger partial charge in [-0.1, -0.05) is 12.1 Å². The minimum absolute atomic E-state index is 0.0412. The molecule has 1 aromatic carbocycles. The van der Waals surface area contributed by atoms with Gasteiger partial charge in [0.15, 0.2) is 0 Å². The summed E-state index contributed by atoms with van der Waals surface area (Å²) in [5, 5.41) is 9.75. The van der Waals surface area contributed by atoms with E-state index in [0.29, 0.717) is 11.3 Å². The lowest BCUT2D eigenvalue weighted by molar-refractivity contribution is 0.110. The summed E-state index contributed by atoms with van der Waals surface area (Å²) >= 11 is 0. The second kappa shape index (κ2) is 4.21. The number of rotatable bonds is 2. The summed E-state index contributed by atoms with van der Waals surface area (Å²) in [5.74, 6) is 0.342. The molecule has 0 amide bonds. The number of aryl methyl sites for hydroxylation is 1. The summed E-state index contributed by atoms with van der Waals surface area (Å²) in [7, 11) is 0. The highest BCUT2D eigenvalue weighted by Crippen LogP contribution is 2.36. The Morgan fingerprint density at radius 3 is 2.94 bits per heavy atom. The molecule has 1 heterocycles. The molecule has 1 fully saturated rings. The molecule has 0 radical (unpaired) electrons. The molecule has 18 heavy (non-hydrogen) atoms. The van der Waals surface area contributed by atoms with Crippen molar-refractivity contribution in [2.75, 3.05) is 6.61 Å². The fraction of sp³-hybridized carbons (Fsp3) is 0.429. The number of nitrogens with zero attached hydrogens (tertiary/aromatic N) is 2. The Bertz CT molecular complexity index is 642. The molecule has 2 aromatic rings. The Morgan fingerprint density at radius 1 is 1.44 bits per heavy atom. The van der Waals surface area contributed by atoms with Crippen molar-refractivity contribution in [2.24, 2.45) is 5.92 Å². The second-order valence-electron chi connectivity index (χ2n) is 5.10. The van der Waals surface area contributed by atoms with Gasteiger partial charge in [0.2, 0.25) is 0 Å². The van der Waals surface area contributed by atoms with Crippen molar-refractivity contribution < 1.29 is 5.11 Å². The lowest BCUT2D eigenvalue weighted by Gasteiger charge is -2.35. The van der Waals surface area contributed by atoms with E-state index in [0.717, 1.165) is 23.9 Å². The molecule has 1 aliphatic rings. The molecule has 0 atom stereocenters. The van der Waals surface area contributed by atoms with Crippen molar-refractivity contribution in [3.05, 3.63) is 40.4 Å². The SMILES string of the molecule is Cc1cccc2ncn(C3CC(CO)C3)c(=O)c12. The van der Waals surface area contributed by atoms with Gasteiger partial charge in [0.05, 0.1) is 17.2 Å². The van der Waals surface area contributed by atoms with Crippen LogP contribution in [0.1, 0.15) is 24.4 Å². The van der Waals surface area contributed by atoms with Crippen molar-refractivity contribution in [1.82, 2.24) is 9.55 Å². The molecule has 3 rings (SSSR count). The Morgan fingerprint density at radius 2 is 2.22 bits per heavy atom. The first-order valence-electron chi connectivity index (χ1n) is 6.28. The van der Waals surface area contributed by atoms with Crippen molar-refractivity contribution in [3.63, 3.8) is 0 Å². The molecular weight excluding hydrogens is 228 g/mol. The van der Waals surface area contributed by atoms with Gasteiger partial charge in [-0.3, -0.25) is 9.36 Å². The van der Waals surface area contributed by atoms with Crippen molar-refractivity contribution >= 4 is 10.9 Å². The van der Waals surface area contributed by atoms with Crippen LogP contribution in [0.5, 0.6) is 0 Å². The third-order valence-electron chi connectivity index (χ3n) is 3.88. The van der Waals surface area contributed by atoms with Crippen molar-refractivity contribution in [1.29, 1.82) is 0 Å². The predicted molar refractivity (Wildman–Crippen MR) is 69.6 cm³/mol. The highest BCUT2D eigenvalue weighted by Gasteiger charge is 2.30.